The van der Waals surface area contributed by atoms with Gasteiger partial charge in [0.15, 0.2) is 0 Å². The summed E-state index contributed by atoms with van der Waals surface area (Å²) >= 11 is 0. The molecule has 0 unspecified atom stereocenters. The molecule has 1 heterocycles. The van der Waals surface area contributed by atoms with Crippen LogP contribution in [-0.2, 0) is 0 Å². The van der Waals surface area contributed by atoms with E-state index in [2.05, 4.69) is 41.4 Å². The molecule has 1 fully saturated rings. The Balaban J connectivity index is 2.15. The molecule has 1 aromatic rings. The maximum absolute atomic E-state index is 4.46. The summed E-state index contributed by atoms with van der Waals surface area (Å²) in [5, 5.41) is 6.81. The fraction of sp³-hybridized carbons (Fsp3) is 0.733. The monoisotopic (exact) mass is 262 g/mol. The smallest absolute Gasteiger partial charge is 0.135 e. The van der Waals surface area contributed by atoms with Gasteiger partial charge in [-0.05, 0) is 37.5 Å². The third kappa shape index (κ3) is 3.37. The Morgan fingerprint density at radius 1 is 1.11 bits per heavy atom. The average Bonchev–Trinajstić information content (AvgIpc) is 2.40. The second kappa shape index (κ2) is 6.22. The summed E-state index contributed by atoms with van der Waals surface area (Å²) < 4.78 is 0. The van der Waals surface area contributed by atoms with Gasteiger partial charge in [-0.25, -0.2) is 9.97 Å². The molecule has 1 aromatic heterocycles. The van der Waals surface area contributed by atoms with Crippen LogP contribution in [0, 0.1) is 5.92 Å². The van der Waals surface area contributed by atoms with Crippen molar-refractivity contribution in [1.29, 1.82) is 0 Å². The first-order valence-electron chi connectivity index (χ1n) is 7.41. The van der Waals surface area contributed by atoms with Crippen molar-refractivity contribution in [1.82, 2.24) is 9.97 Å². The second-order valence-electron chi connectivity index (χ2n) is 5.99. The van der Waals surface area contributed by atoms with Crippen LogP contribution in [0.2, 0.25) is 0 Å². The Morgan fingerprint density at radius 3 is 2.32 bits per heavy atom. The molecule has 4 heteroatoms. The summed E-state index contributed by atoms with van der Waals surface area (Å²) in [6, 6.07) is 0.563. The summed E-state index contributed by atoms with van der Waals surface area (Å²) in [5.74, 6) is 3.24. The molecule has 1 saturated carbocycles. The van der Waals surface area contributed by atoms with Gasteiger partial charge in [-0.3, -0.25) is 0 Å². The minimum atomic E-state index is 0.411. The Kier molecular flexibility index (Phi) is 4.61. The van der Waals surface area contributed by atoms with Gasteiger partial charge in [0, 0.05) is 18.7 Å². The zero-order valence-corrected chi connectivity index (χ0v) is 12.5. The first kappa shape index (κ1) is 14.1. The highest BCUT2D eigenvalue weighted by atomic mass is 15.1. The number of anilines is 2. The Labute approximate surface area is 116 Å². The quantitative estimate of drug-likeness (QED) is 0.870. The molecule has 1 aliphatic rings. The topological polar surface area (TPSA) is 49.8 Å². The molecule has 0 saturated heterocycles. The van der Waals surface area contributed by atoms with Crippen LogP contribution in [-0.4, -0.2) is 23.1 Å². The van der Waals surface area contributed by atoms with Gasteiger partial charge < -0.3 is 10.6 Å². The molecule has 0 aromatic carbocycles. The summed E-state index contributed by atoms with van der Waals surface area (Å²) in [6.45, 7) is 6.72. The van der Waals surface area contributed by atoms with Crippen LogP contribution in [0.1, 0.15) is 57.9 Å². The van der Waals surface area contributed by atoms with Gasteiger partial charge in [-0.2, -0.15) is 0 Å². The first-order chi connectivity index (χ1) is 9.11. The van der Waals surface area contributed by atoms with Crippen LogP contribution < -0.4 is 10.6 Å². The summed E-state index contributed by atoms with van der Waals surface area (Å²) in [5.41, 5.74) is 1.20. The molecule has 0 atom stereocenters. The van der Waals surface area contributed by atoms with Crippen molar-refractivity contribution < 1.29 is 0 Å². The van der Waals surface area contributed by atoms with E-state index in [1.807, 2.05) is 7.05 Å². The van der Waals surface area contributed by atoms with E-state index in [-0.39, 0.29) is 0 Å². The summed E-state index contributed by atoms with van der Waals surface area (Å²) in [7, 11) is 1.92. The fourth-order valence-corrected chi connectivity index (χ4v) is 2.85. The highest BCUT2D eigenvalue weighted by Crippen LogP contribution is 2.31. The van der Waals surface area contributed by atoms with E-state index in [4.69, 9.17) is 0 Å². The Hall–Kier alpha value is -1.32. The van der Waals surface area contributed by atoms with Crippen LogP contribution in [0.5, 0.6) is 0 Å². The van der Waals surface area contributed by atoms with Gasteiger partial charge in [0.1, 0.15) is 18.0 Å². The molecular weight excluding hydrogens is 236 g/mol. The Bertz CT molecular complexity index is 409. The number of rotatable bonds is 4. The van der Waals surface area contributed by atoms with Crippen molar-refractivity contribution in [3.8, 4) is 0 Å². The third-order valence-electron chi connectivity index (χ3n) is 4.05. The van der Waals surface area contributed by atoms with E-state index in [9.17, 15) is 0 Å². The molecule has 2 N–H and O–H groups in total. The highest BCUT2D eigenvalue weighted by molar-refractivity contribution is 5.59. The standard InChI is InChI=1S/C15H26N4/c1-10(2)13-14(16-4)17-9-18-15(13)19-12-7-5-11(3)6-8-12/h9-12H,5-8H2,1-4H3,(H2,16,17,18,19). The summed E-state index contributed by atoms with van der Waals surface area (Å²) in [4.78, 5) is 8.78. The molecule has 0 amide bonds. The first-order valence-corrected chi connectivity index (χ1v) is 7.41. The van der Waals surface area contributed by atoms with E-state index in [0.717, 1.165) is 17.6 Å². The maximum Gasteiger partial charge on any atom is 0.135 e. The van der Waals surface area contributed by atoms with Gasteiger partial charge in [0.2, 0.25) is 0 Å². The van der Waals surface area contributed by atoms with E-state index in [1.54, 1.807) is 6.33 Å². The lowest BCUT2D eigenvalue weighted by molar-refractivity contribution is 0.360. The number of hydrogen-bond donors (Lipinski definition) is 2. The van der Waals surface area contributed by atoms with Crippen LogP contribution in [0.3, 0.4) is 0 Å². The van der Waals surface area contributed by atoms with Crippen LogP contribution in [0.4, 0.5) is 11.6 Å². The highest BCUT2D eigenvalue weighted by Gasteiger charge is 2.21. The summed E-state index contributed by atoms with van der Waals surface area (Å²) in [6.07, 6.45) is 6.78. The van der Waals surface area contributed by atoms with Crippen molar-refractivity contribution in [2.45, 2.75) is 58.4 Å². The normalized spacial score (nSPS) is 23.4. The predicted molar refractivity (Wildman–Crippen MR) is 80.7 cm³/mol. The van der Waals surface area contributed by atoms with Crippen molar-refractivity contribution >= 4 is 11.6 Å². The lowest BCUT2D eigenvalue weighted by Crippen LogP contribution is -2.26. The number of aromatic nitrogens is 2. The average molecular weight is 262 g/mol. The molecule has 0 aliphatic heterocycles. The second-order valence-corrected chi connectivity index (χ2v) is 5.99. The fourth-order valence-electron chi connectivity index (χ4n) is 2.85. The van der Waals surface area contributed by atoms with Crippen LogP contribution in [0.25, 0.3) is 0 Å². The van der Waals surface area contributed by atoms with Crippen molar-refractivity contribution in [3.05, 3.63) is 11.9 Å². The van der Waals surface area contributed by atoms with Gasteiger partial charge >= 0.3 is 0 Å². The molecule has 0 spiro atoms. The van der Waals surface area contributed by atoms with E-state index in [0.29, 0.717) is 12.0 Å². The Morgan fingerprint density at radius 2 is 1.74 bits per heavy atom. The van der Waals surface area contributed by atoms with Crippen molar-refractivity contribution in [2.24, 2.45) is 5.92 Å². The number of nitrogens with zero attached hydrogens (tertiary/aromatic N) is 2. The van der Waals surface area contributed by atoms with E-state index in [1.165, 1.54) is 31.2 Å². The molecule has 106 valence electrons. The van der Waals surface area contributed by atoms with E-state index < -0.39 is 0 Å². The molecule has 19 heavy (non-hydrogen) atoms. The zero-order chi connectivity index (χ0) is 13.8. The zero-order valence-electron chi connectivity index (χ0n) is 12.5. The van der Waals surface area contributed by atoms with E-state index >= 15 is 0 Å². The van der Waals surface area contributed by atoms with Crippen LogP contribution >= 0.6 is 0 Å². The predicted octanol–water partition coefficient (Wildman–Crippen LogP) is 3.63. The third-order valence-corrected chi connectivity index (χ3v) is 4.05. The van der Waals surface area contributed by atoms with Crippen molar-refractivity contribution in [3.63, 3.8) is 0 Å². The molecule has 2 rings (SSSR count). The molecule has 0 bridgehead atoms. The maximum atomic E-state index is 4.46. The van der Waals surface area contributed by atoms with Gasteiger partial charge in [0.05, 0.1) is 0 Å². The van der Waals surface area contributed by atoms with Gasteiger partial charge in [-0.1, -0.05) is 20.8 Å². The SMILES string of the molecule is CNc1ncnc(NC2CCC(C)CC2)c1C(C)C. The largest absolute Gasteiger partial charge is 0.373 e. The number of hydrogen-bond acceptors (Lipinski definition) is 4. The molecule has 1 aliphatic carbocycles. The lowest BCUT2D eigenvalue weighted by atomic mass is 9.87. The minimum Gasteiger partial charge on any atom is -0.373 e. The molecule has 0 radical (unpaired) electrons. The van der Waals surface area contributed by atoms with Crippen molar-refractivity contribution in [2.75, 3.05) is 17.7 Å². The van der Waals surface area contributed by atoms with Gasteiger partial charge in [-0.15, -0.1) is 0 Å². The number of nitrogens with one attached hydrogen (secondary N) is 2. The molecule has 4 nitrogen and oxygen atoms in total. The van der Waals surface area contributed by atoms with Crippen LogP contribution in [0.15, 0.2) is 6.33 Å². The lowest BCUT2D eigenvalue weighted by Gasteiger charge is -2.28. The minimum absolute atomic E-state index is 0.411. The molecular formula is C15H26N4. The van der Waals surface area contributed by atoms with Gasteiger partial charge in [0.25, 0.3) is 0 Å².